The van der Waals surface area contributed by atoms with Crippen molar-refractivity contribution in [3.05, 3.63) is 52.4 Å². The highest BCUT2D eigenvalue weighted by atomic mass is 35.5. The van der Waals surface area contributed by atoms with Crippen molar-refractivity contribution in [2.24, 2.45) is 5.73 Å². The van der Waals surface area contributed by atoms with Crippen LogP contribution in [0.3, 0.4) is 0 Å². The molecular formula is C25H33ClN6O2. The first-order chi connectivity index (χ1) is 16.5. The Bertz CT molecular complexity index is 1010. The van der Waals surface area contributed by atoms with Gasteiger partial charge in [0, 0.05) is 55.9 Å². The van der Waals surface area contributed by atoms with Gasteiger partial charge in [0.05, 0.1) is 23.9 Å². The van der Waals surface area contributed by atoms with Crippen molar-refractivity contribution in [3.8, 4) is 0 Å². The number of hydrogen-bond acceptors (Lipinski definition) is 8. The Hall–Kier alpha value is -2.10. The van der Waals surface area contributed by atoms with E-state index in [2.05, 4.69) is 31.6 Å². The van der Waals surface area contributed by atoms with Gasteiger partial charge in [-0.1, -0.05) is 30.7 Å². The third kappa shape index (κ3) is 4.45. The molecule has 3 aliphatic rings. The van der Waals surface area contributed by atoms with Gasteiger partial charge in [0.25, 0.3) is 0 Å². The zero-order valence-corrected chi connectivity index (χ0v) is 20.3. The zero-order valence-electron chi connectivity index (χ0n) is 19.6. The number of rotatable bonds is 6. The van der Waals surface area contributed by atoms with E-state index in [1.54, 1.807) is 6.33 Å². The van der Waals surface area contributed by atoms with Crippen molar-refractivity contribution >= 4 is 23.7 Å². The topological polar surface area (TPSA) is 98.8 Å². The van der Waals surface area contributed by atoms with E-state index in [-0.39, 0.29) is 24.0 Å². The van der Waals surface area contributed by atoms with Crippen LogP contribution in [0.4, 0.5) is 5.82 Å². The Morgan fingerprint density at radius 3 is 2.50 bits per heavy atom. The van der Waals surface area contributed by atoms with E-state index < -0.39 is 6.10 Å². The summed E-state index contributed by atoms with van der Waals surface area (Å²) in [6, 6.07) is 7.75. The van der Waals surface area contributed by atoms with Crippen molar-refractivity contribution in [2.75, 3.05) is 44.2 Å². The number of piperazine rings is 1. The fourth-order valence-corrected chi connectivity index (χ4v) is 6.03. The molecular weight excluding hydrogens is 452 g/mol. The molecule has 3 heterocycles. The maximum atomic E-state index is 12.4. The number of aliphatic hydroxyl groups is 1. The van der Waals surface area contributed by atoms with Gasteiger partial charge in [-0.3, -0.25) is 9.80 Å². The quantitative estimate of drug-likeness (QED) is 0.602. The van der Waals surface area contributed by atoms with Crippen LogP contribution in [0, 0.1) is 0 Å². The van der Waals surface area contributed by atoms with E-state index in [4.69, 9.17) is 17.3 Å². The lowest BCUT2D eigenvalue weighted by molar-refractivity contribution is -0.112. The molecule has 3 N–H and O–H groups in total. The molecule has 0 spiro atoms. The van der Waals surface area contributed by atoms with E-state index in [0.29, 0.717) is 11.4 Å². The maximum absolute atomic E-state index is 12.4. The summed E-state index contributed by atoms with van der Waals surface area (Å²) in [5.41, 5.74) is 9.09. The van der Waals surface area contributed by atoms with Crippen LogP contribution >= 0.6 is 11.6 Å². The van der Waals surface area contributed by atoms with E-state index in [0.717, 1.165) is 74.6 Å². The summed E-state index contributed by atoms with van der Waals surface area (Å²) in [6.45, 7) is 7.03. The molecule has 2 aliphatic heterocycles. The van der Waals surface area contributed by atoms with Crippen LogP contribution in [-0.2, 0) is 4.79 Å². The minimum atomic E-state index is -0.510. The first-order valence-corrected chi connectivity index (χ1v) is 12.6. The predicted molar refractivity (Wildman–Crippen MR) is 132 cm³/mol. The van der Waals surface area contributed by atoms with Gasteiger partial charge in [-0.2, -0.15) is 0 Å². The van der Waals surface area contributed by atoms with Crippen molar-refractivity contribution in [3.63, 3.8) is 0 Å². The molecule has 1 aliphatic carbocycles. The number of aromatic nitrogens is 2. The Morgan fingerprint density at radius 2 is 1.85 bits per heavy atom. The van der Waals surface area contributed by atoms with Crippen LogP contribution in [0.1, 0.15) is 54.5 Å². The number of nitrogens with two attached hydrogens (primary N) is 1. The molecule has 5 atom stereocenters. The minimum Gasteiger partial charge on any atom is -0.387 e. The number of hydrogen-bond donors (Lipinski definition) is 2. The molecule has 1 aromatic heterocycles. The van der Waals surface area contributed by atoms with Gasteiger partial charge in [-0.25, -0.2) is 9.97 Å². The number of likely N-dealkylation sites (tertiary alicyclic amines) is 1. The van der Waals surface area contributed by atoms with E-state index in [9.17, 15) is 9.90 Å². The Balaban J connectivity index is 1.37. The smallest absolute Gasteiger partial charge is 0.135 e. The number of fused-ring (bicyclic) bond motifs is 1. The number of halogens is 1. The van der Waals surface area contributed by atoms with Crippen LogP contribution < -0.4 is 10.6 Å². The van der Waals surface area contributed by atoms with Gasteiger partial charge in [0.15, 0.2) is 0 Å². The number of carbonyl (C=O) groups excluding carboxylic acids is 1. The molecule has 8 nitrogen and oxygen atoms in total. The summed E-state index contributed by atoms with van der Waals surface area (Å²) < 4.78 is 0. The number of aldehydes is 1. The third-order valence-corrected chi connectivity index (χ3v) is 7.87. The van der Waals surface area contributed by atoms with Crippen LogP contribution in [0.15, 0.2) is 30.6 Å². The molecule has 2 unspecified atom stereocenters. The number of anilines is 1. The Labute approximate surface area is 205 Å². The lowest BCUT2D eigenvalue weighted by Gasteiger charge is -2.45. The fraction of sp³-hybridized carbons (Fsp3) is 0.560. The zero-order chi connectivity index (χ0) is 23.8. The van der Waals surface area contributed by atoms with Gasteiger partial charge in [-0.15, -0.1) is 0 Å². The minimum absolute atomic E-state index is 0.0498. The second-order valence-corrected chi connectivity index (χ2v) is 10.3. The van der Waals surface area contributed by atoms with Gasteiger partial charge in [-0.05, 0) is 36.5 Å². The molecule has 1 aromatic carbocycles. The van der Waals surface area contributed by atoms with Crippen LogP contribution in [0.25, 0.3) is 0 Å². The first-order valence-electron chi connectivity index (χ1n) is 12.2. The molecule has 2 aromatic rings. The first kappa shape index (κ1) is 23.6. The second kappa shape index (κ2) is 9.87. The summed E-state index contributed by atoms with van der Waals surface area (Å²) in [6.07, 6.45) is 3.72. The third-order valence-electron chi connectivity index (χ3n) is 7.62. The van der Waals surface area contributed by atoms with Gasteiger partial charge >= 0.3 is 0 Å². The van der Waals surface area contributed by atoms with Crippen LogP contribution in [-0.4, -0.2) is 82.6 Å². The lowest BCUT2D eigenvalue weighted by atomic mass is 9.95. The molecule has 0 bridgehead atoms. The van der Waals surface area contributed by atoms with Gasteiger partial charge < -0.3 is 20.5 Å². The standard InChI is InChI=1S/C25H33ClN6O2/c1-16-12-21(34)23-22(16)24(29-15-28-23)30-8-10-31(11-9-30)25(32-7-6-19(27)13-32)20(14-33)17-2-4-18(26)5-3-17/h2-5,14-16,19-21,25,34H,6-13,27H2,1H3/t16-,19-,20?,21-,25?/m1/s1. The molecule has 5 rings (SSSR count). The molecule has 182 valence electrons. The average Bonchev–Trinajstić information content (AvgIpc) is 3.40. The lowest BCUT2D eigenvalue weighted by Crippen LogP contribution is -2.58. The van der Waals surface area contributed by atoms with Crippen molar-refractivity contribution in [1.29, 1.82) is 0 Å². The van der Waals surface area contributed by atoms with Crippen LogP contribution in [0.2, 0.25) is 5.02 Å². The molecule has 0 saturated carbocycles. The molecule has 34 heavy (non-hydrogen) atoms. The van der Waals surface area contributed by atoms with Crippen molar-refractivity contribution in [2.45, 2.75) is 49.9 Å². The molecule has 0 amide bonds. The average molecular weight is 485 g/mol. The summed E-state index contributed by atoms with van der Waals surface area (Å²) in [5.74, 6) is 0.896. The van der Waals surface area contributed by atoms with Crippen molar-refractivity contribution < 1.29 is 9.90 Å². The Morgan fingerprint density at radius 1 is 1.12 bits per heavy atom. The van der Waals surface area contributed by atoms with Crippen molar-refractivity contribution in [1.82, 2.24) is 19.8 Å². The van der Waals surface area contributed by atoms with E-state index in [1.165, 1.54) is 0 Å². The summed E-state index contributed by atoms with van der Waals surface area (Å²) in [7, 11) is 0. The number of aliphatic hydroxyl groups excluding tert-OH is 1. The van der Waals surface area contributed by atoms with E-state index in [1.807, 2.05) is 24.3 Å². The molecule has 9 heteroatoms. The largest absolute Gasteiger partial charge is 0.387 e. The molecule has 2 saturated heterocycles. The van der Waals surface area contributed by atoms with Gasteiger partial charge in [0.2, 0.25) is 0 Å². The van der Waals surface area contributed by atoms with Gasteiger partial charge in [0.1, 0.15) is 18.4 Å². The van der Waals surface area contributed by atoms with E-state index >= 15 is 0 Å². The monoisotopic (exact) mass is 484 g/mol. The molecule has 2 fully saturated rings. The van der Waals surface area contributed by atoms with Crippen LogP contribution in [0.5, 0.6) is 0 Å². The highest BCUT2D eigenvalue weighted by Crippen LogP contribution is 2.43. The summed E-state index contributed by atoms with van der Waals surface area (Å²) in [4.78, 5) is 28.5. The number of nitrogens with zero attached hydrogens (tertiary/aromatic N) is 5. The summed E-state index contributed by atoms with van der Waals surface area (Å²) in [5, 5.41) is 11.0. The SMILES string of the molecule is C[C@@H]1C[C@@H](O)c2ncnc(N3CCN(C(C(C=O)c4ccc(Cl)cc4)N4CC[C@@H](N)C4)CC3)c21. The second-order valence-electron chi connectivity index (χ2n) is 9.84. The highest BCUT2D eigenvalue weighted by Gasteiger charge is 2.39. The highest BCUT2D eigenvalue weighted by molar-refractivity contribution is 6.30. The normalized spacial score (nSPS) is 27.5. The summed E-state index contributed by atoms with van der Waals surface area (Å²) >= 11 is 6.11. The fourth-order valence-electron chi connectivity index (χ4n) is 5.90. The predicted octanol–water partition coefficient (Wildman–Crippen LogP) is 2.13. The number of benzene rings is 1. The number of carbonyl (C=O) groups is 1. The maximum Gasteiger partial charge on any atom is 0.135 e. The Kier molecular flexibility index (Phi) is 6.86. The molecule has 0 radical (unpaired) electrons.